The molecule has 0 bridgehead atoms. The number of anilines is 2. The van der Waals surface area contributed by atoms with E-state index in [0.717, 1.165) is 53.6 Å². The van der Waals surface area contributed by atoms with E-state index in [1.165, 1.54) is 0 Å². The molecule has 2 aromatic heterocycles. The minimum atomic E-state index is -3.52. The Hall–Kier alpha value is -3.76. The number of hydrogen-bond acceptors (Lipinski definition) is 8. The molecule has 1 aliphatic rings. The van der Waals surface area contributed by atoms with E-state index < -0.39 is 15.3 Å². The number of pyridine rings is 1. The summed E-state index contributed by atoms with van der Waals surface area (Å²) in [7, 11) is -3.52. The van der Waals surface area contributed by atoms with Gasteiger partial charge < -0.3 is 15.4 Å². The molecule has 0 aliphatic carbocycles. The van der Waals surface area contributed by atoms with Crippen LogP contribution in [0.2, 0.25) is 0 Å². The van der Waals surface area contributed by atoms with Gasteiger partial charge in [0.25, 0.3) is 0 Å². The Morgan fingerprint density at radius 1 is 1.03 bits per heavy atom. The second kappa shape index (κ2) is 10.9. The van der Waals surface area contributed by atoms with Crippen molar-refractivity contribution >= 4 is 32.3 Å². The van der Waals surface area contributed by atoms with Gasteiger partial charge in [0.2, 0.25) is 15.9 Å². The van der Waals surface area contributed by atoms with Crippen molar-refractivity contribution in [2.24, 2.45) is 0 Å². The van der Waals surface area contributed by atoms with E-state index >= 15 is 0 Å². The molecule has 9 nitrogen and oxygen atoms in total. The number of sulfonamides is 1. The van der Waals surface area contributed by atoms with Gasteiger partial charge in [-0.1, -0.05) is 24.3 Å². The third-order valence-corrected chi connectivity index (χ3v) is 8.34. The van der Waals surface area contributed by atoms with Crippen molar-refractivity contribution in [3.8, 4) is 22.9 Å². The fraction of sp³-hybridized carbons (Fsp3) is 0.321. The van der Waals surface area contributed by atoms with Crippen LogP contribution in [0.3, 0.4) is 0 Å². The normalized spacial score (nSPS) is 15.9. The van der Waals surface area contributed by atoms with Crippen molar-refractivity contribution in [1.29, 1.82) is 0 Å². The highest BCUT2D eigenvalue weighted by molar-refractivity contribution is 7.93. The molecule has 0 amide bonds. The molecular formula is C28H32N6O3S. The molecule has 1 atom stereocenters. The second-order valence-corrected chi connectivity index (χ2v) is 12.0. The number of aryl methyl sites for hydroxylation is 1. The highest BCUT2D eigenvalue weighted by atomic mass is 32.2. The van der Waals surface area contributed by atoms with Gasteiger partial charge in [0.1, 0.15) is 17.3 Å². The average Bonchev–Trinajstić information content (AvgIpc) is 2.91. The molecule has 3 heterocycles. The molecule has 0 radical (unpaired) electrons. The van der Waals surface area contributed by atoms with E-state index in [9.17, 15) is 8.42 Å². The van der Waals surface area contributed by atoms with E-state index in [2.05, 4.69) is 30.3 Å². The molecule has 3 N–H and O–H groups in total. The molecule has 198 valence electrons. The van der Waals surface area contributed by atoms with Crippen molar-refractivity contribution in [3.05, 3.63) is 66.6 Å². The van der Waals surface area contributed by atoms with Crippen LogP contribution in [0.4, 0.5) is 11.5 Å². The van der Waals surface area contributed by atoms with Crippen LogP contribution in [-0.4, -0.2) is 47.8 Å². The second-order valence-electron chi connectivity index (χ2n) is 9.74. The molecular weight excluding hydrogens is 500 g/mol. The first-order valence-corrected chi connectivity index (χ1v) is 14.3. The van der Waals surface area contributed by atoms with Gasteiger partial charge in [-0.2, -0.15) is 0 Å². The highest BCUT2D eigenvalue weighted by Crippen LogP contribution is 2.39. The number of nitrogens with one attached hydrogen (secondary N) is 3. The number of nitrogens with zero attached hydrogens (tertiary/aromatic N) is 3. The Bertz CT molecular complexity index is 1550. The smallest absolute Gasteiger partial charge is 0.246 e. The maximum atomic E-state index is 12.6. The highest BCUT2D eigenvalue weighted by Gasteiger charge is 2.21. The van der Waals surface area contributed by atoms with E-state index in [1.807, 2.05) is 43.3 Å². The fourth-order valence-electron chi connectivity index (χ4n) is 4.51. The summed E-state index contributed by atoms with van der Waals surface area (Å²) in [5, 5.41) is 7.86. The summed E-state index contributed by atoms with van der Waals surface area (Å²) < 4.78 is 34.4. The van der Waals surface area contributed by atoms with E-state index in [1.54, 1.807) is 38.5 Å². The van der Waals surface area contributed by atoms with Gasteiger partial charge in [0, 0.05) is 47.5 Å². The van der Waals surface area contributed by atoms with Crippen LogP contribution >= 0.6 is 0 Å². The molecule has 1 saturated heterocycles. The van der Waals surface area contributed by atoms with Crippen molar-refractivity contribution in [1.82, 2.24) is 20.3 Å². The number of ether oxygens (including phenoxy) is 1. The quantitative estimate of drug-likeness (QED) is 0.287. The summed E-state index contributed by atoms with van der Waals surface area (Å²) in [6.45, 7) is 7.14. The summed E-state index contributed by atoms with van der Waals surface area (Å²) in [4.78, 5) is 13.6. The first-order chi connectivity index (χ1) is 18.3. The molecule has 10 heteroatoms. The van der Waals surface area contributed by atoms with Crippen LogP contribution in [0.25, 0.3) is 22.0 Å². The molecule has 2 aromatic carbocycles. The largest absolute Gasteiger partial charge is 0.436 e. The average molecular weight is 533 g/mol. The predicted octanol–water partition coefficient (Wildman–Crippen LogP) is 5.11. The van der Waals surface area contributed by atoms with Crippen molar-refractivity contribution in [2.45, 2.75) is 44.9 Å². The topological polar surface area (TPSA) is 118 Å². The van der Waals surface area contributed by atoms with Gasteiger partial charge in [-0.05, 0) is 63.9 Å². The lowest BCUT2D eigenvalue weighted by Crippen LogP contribution is -2.38. The molecule has 5 rings (SSSR count). The van der Waals surface area contributed by atoms with E-state index in [4.69, 9.17) is 4.74 Å². The number of hydrogen-bond donors (Lipinski definition) is 3. The van der Waals surface area contributed by atoms with Crippen LogP contribution in [-0.2, 0) is 10.0 Å². The molecule has 1 unspecified atom stereocenters. The SMILES string of the molecule is Cc1cc(NS(=O)(=O)C(C)C)c2ccccc2c1Oc1nccnc1-c1ccnc(NC2CCCNC2)c1. The van der Waals surface area contributed by atoms with Crippen molar-refractivity contribution in [2.75, 3.05) is 23.1 Å². The number of aromatic nitrogens is 3. The van der Waals surface area contributed by atoms with E-state index in [-0.39, 0.29) is 0 Å². The lowest BCUT2D eigenvalue weighted by atomic mass is 10.0. The zero-order valence-electron chi connectivity index (χ0n) is 21.7. The minimum Gasteiger partial charge on any atom is -0.436 e. The van der Waals surface area contributed by atoms with E-state index in [0.29, 0.717) is 29.1 Å². The molecule has 0 saturated carbocycles. The first-order valence-electron chi connectivity index (χ1n) is 12.8. The molecule has 1 fully saturated rings. The van der Waals surface area contributed by atoms with Crippen LogP contribution < -0.4 is 20.1 Å². The third-order valence-electron chi connectivity index (χ3n) is 6.60. The molecule has 0 spiro atoms. The minimum absolute atomic E-state index is 0.324. The van der Waals surface area contributed by atoms with Crippen LogP contribution in [0.5, 0.6) is 11.6 Å². The van der Waals surface area contributed by atoms with Gasteiger partial charge in [-0.3, -0.25) is 4.72 Å². The zero-order chi connectivity index (χ0) is 26.7. The maximum absolute atomic E-state index is 12.6. The Morgan fingerprint density at radius 2 is 1.82 bits per heavy atom. The number of rotatable bonds is 8. The predicted molar refractivity (Wildman–Crippen MR) is 151 cm³/mol. The molecule has 38 heavy (non-hydrogen) atoms. The van der Waals surface area contributed by atoms with Gasteiger partial charge in [-0.25, -0.2) is 23.4 Å². The summed E-state index contributed by atoms with van der Waals surface area (Å²) in [5.74, 6) is 1.72. The van der Waals surface area contributed by atoms with Gasteiger partial charge >= 0.3 is 0 Å². The lowest BCUT2D eigenvalue weighted by Gasteiger charge is -2.24. The standard InChI is InChI=1S/C28H32N6O3S/c1-18(2)38(35,36)34-24-15-19(3)27(23-9-5-4-8-22(23)24)37-28-26(31-13-14-32-28)20-10-12-30-25(16-20)33-21-7-6-11-29-17-21/h4-5,8-10,12-16,18,21,29,34H,6-7,11,17H2,1-3H3,(H,30,33). The Balaban J connectivity index is 1.50. The van der Waals surface area contributed by atoms with Gasteiger partial charge in [-0.15, -0.1) is 0 Å². The zero-order valence-corrected chi connectivity index (χ0v) is 22.5. The summed E-state index contributed by atoms with van der Waals surface area (Å²) in [6, 6.07) is 13.5. The van der Waals surface area contributed by atoms with Crippen molar-refractivity contribution in [3.63, 3.8) is 0 Å². The number of benzene rings is 2. The lowest BCUT2D eigenvalue weighted by molar-refractivity contribution is 0.464. The third kappa shape index (κ3) is 5.56. The summed E-state index contributed by atoms with van der Waals surface area (Å²) >= 11 is 0. The Morgan fingerprint density at radius 3 is 2.58 bits per heavy atom. The number of piperidine rings is 1. The fourth-order valence-corrected chi connectivity index (χ4v) is 5.23. The van der Waals surface area contributed by atoms with Crippen LogP contribution in [0.1, 0.15) is 32.3 Å². The Kier molecular flexibility index (Phi) is 7.44. The van der Waals surface area contributed by atoms with Crippen LogP contribution in [0.15, 0.2) is 61.1 Å². The monoisotopic (exact) mass is 532 g/mol. The summed E-state index contributed by atoms with van der Waals surface area (Å²) in [5.41, 5.74) is 2.70. The molecule has 1 aliphatic heterocycles. The first kappa shape index (κ1) is 25.9. The maximum Gasteiger partial charge on any atom is 0.246 e. The number of fused-ring (bicyclic) bond motifs is 1. The Labute approximate surface area is 223 Å². The summed E-state index contributed by atoms with van der Waals surface area (Å²) in [6.07, 6.45) is 7.20. The van der Waals surface area contributed by atoms with Gasteiger partial charge in [0.05, 0.1) is 10.9 Å². The van der Waals surface area contributed by atoms with Gasteiger partial charge in [0.15, 0.2) is 0 Å². The molecule has 4 aromatic rings. The van der Waals surface area contributed by atoms with Crippen molar-refractivity contribution < 1.29 is 13.2 Å². The van der Waals surface area contributed by atoms with Crippen LogP contribution in [0, 0.1) is 6.92 Å².